The quantitative estimate of drug-likeness (QED) is 0.666. The van der Waals surface area contributed by atoms with Crippen LogP contribution in [0.25, 0.3) is 0 Å². The highest BCUT2D eigenvalue weighted by molar-refractivity contribution is 6.37. The molecule has 0 unspecified atom stereocenters. The Bertz CT molecular complexity index is 956. The molecule has 0 aliphatic rings. The topological polar surface area (TPSA) is 83.1 Å². The molecule has 24 heavy (non-hydrogen) atoms. The molecule has 0 atom stereocenters. The lowest BCUT2D eigenvalue weighted by Gasteiger charge is -2.15. The lowest BCUT2D eigenvalue weighted by atomic mass is 9.97. The van der Waals surface area contributed by atoms with E-state index in [1.165, 1.54) is 31.2 Å². The van der Waals surface area contributed by atoms with Crippen LogP contribution >= 0.6 is 23.2 Å². The number of allylic oxidation sites excluding steroid dienone is 1. The van der Waals surface area contributed by atoms with Gasteiger partial charge in [-0.15, -0.1) is 6.58 Å². The van der Waals surface area contributed by atoms with Crippen LogP contribution in [0.4, 0.5) is 0 Å². The first-order valence-corrected chi connectivity index (χ1v) is 7.56. The van der Waals surface area contributed by atoms with Crippen LogP contribution in [0, 0.1) is 18.3 Å². The number of nitrogens with zero attached hydrogens (tertiary/aromatic N) is 2. The maximum Gasteiger partial charge on any atom is 0.271 e. The molecule has 0 amide bonds. The van der Waals surface area contributed by atoms with E-state index in [1.54, 1.807) is 6.07 Å². The molecule has 0 spiro atoms. The molecule has 0 bridgehead atoms. The summed E-state index contributed by atoms with van der Waals surface area (Å²) < 4.78 is 0.912. The number of ketones is 1. The minimum atomic E-state index is -0.689. The maximum atomic E-state index is 12.8. The summed E-state index contributed by atoms with van der Waals surface area (Å²) in [5.74, 6) is -1.15. The van der Waals surface area contributed by atoms with Crippen molar-refractivity contribution in [3.8, 4) is 11.9 Å². The van der Waals surface area contributed by atoms with Crippen LogP contribution in [0.2, 0.25) is 10.0 Å². The van der Waals surface area contributed by atoms with Crippen LogP contribution in [-0.4, -0.2) is 15.5 Å². The van der Waals surface area contributed by atoms with Gasteiger partial charge in [0.1, 0.15) is 11.6 Å². The van der Waals surface area contributed by atoms with Gasteiger partial charge in [-0.3, -0.25) is 14.2 Å². The summed E-state index contributed by atoms with van der Waals surface area (Å²) in [5, 5.41) is 20.1. The van der Waals surface area contributed by atoms with E-state index in [9.17, 15) is 20.0 Å². The van der Waals surface area contributed by atoms with Gasteiger partial charge in [-0.2, -0.15) is 5.26 Å². The van der Waals surface area contributed by atoms with Gasteiger partial charge in [-0.1, -0.05) is 29.3 Å². The summed E-state index contributed by atoms with van der Waals surface area (Å²) in [6, 6.07) is 6.07. The van der Waals surface area contributed by atoms with Crippen molar-refractivity contribution >= 4 is 29.0 Å². The van der Waals surface area contributed by atoms with Crippen molar-refractivity contribution in [3.05, 3.63) is 73.5 Å². The summed E-state index contributed by atoms with van der Waals surface area (Å²) >= 11 is 11.9. The average molecular weight is 363 g/mol. The second-order valence-corrected chi connectivity index (χ2v) is 5.81. The molecule has 5 nitrogen and oxygen atoms in total. The van der Waals surface area contributed by atoms with Crippen LogP contribution in [0.3, 0.4) is 0 Å². The van der Waals surface area contributed by atoms with Crippen molar-refractivity contribution in [1.29, 1.82) is 5.26 Å². The van der Waals surface area contributed by atoms with Crippen molar-refractivity contribution in [2.75, 3.05) is 0 Å². The molecule has 1 heterocycles. The van der Waals surface area contributed by atoms with Gasteiger partial charge >= 0.3 is 0 Å². The molecule has 7 heteroatoms. The Morgan fingerprint density at radius 3 is 2.67 bits per heavy atom. The van der Waals surface area contributed by atoms with Gasteiger partial charge in [0, 0.05) is 17.1 Å². The monoisotopic (exact) mass is 362 g/mol. The summed E-state index contributed by atoms with van der Waals surface area (Å²) in [6.07, 6.45) is 1.38. The average Bonchev–Trinajstić information content (AvgIpc) is 2.51. The number of carbonyl (C=O) groups is 1. The van der Waals surface area contributed by atoms with Gasteiger partial charge in [0.2, 0.25) is 5.88 Å². The number of benzene rings is 1. The zero-order valence-electron chi connectivity index (χ0n) is 12.6. The molecule has 0 fully saturated rings. The fraction of sp³-hybridized carbons (Fsp3) is 0.118. The molecule has 0 saturated carbocycles. The third-order valence-electron chi connectivity index (χ3n) is 3.51. The Labute approximate surface area is 148 Å². The highest BCUT2D eigenvalue weighted by Gasteiger charge is 2.25. The number of halogens is 2. The molecule has 1 aromatic heterocycles. The van der Waals surface area contributed by atoms with E-state index in [0.717, 1.165) is 4.57 Å². The summed E-state index contributed by atoms with van der Waals surface area (Å²) in [5.41, 5.74) is -0.866. The fourth-order valence-corrected chi connectivity index (χ4v) is 2.82. The predicted molar refractivity (Wildman–Crippen MR) is 91.9 cm³/mol. The van der Waals surface area contributed by atoms with Crippen LogP contribution < -0.4 is 5.56 Å². The van der Waals surface area contributed by atoms with Crippen LogP contribution in [-0.2, 0) is 6.54 Å². The second-order valence-electron chi connectivity index (χ2n) is 4.97. The largest absolute Gasteiger partial charge is 0.494 e. The summed E-state index contributed by atoms with van der Waals surface area (Å²) in [7, 11) is 0. The highest BCUT2D eigenvalue weighted by Crippen LogP contribution is 2.29. The van der Waals surface area contributed by atoms with E-state index < -0.39 is 17.2 Å². The molecule has 1 aromatic carbocycles. The molecular formula is C17H12Cl2N2O3. The second kappa shape index (κ2) is 6.91. The van der Waals surface area contributed by atoms with Gasteiger partial charge in [0.15, 0.2) is 5.78 Å². The fourth-order valence-electron chi connectivity index (χ4n) is 2.33. The van der Waals surface area contributed by atoms with E-state index in [2.05, 4.69) is 6.58 Å². The number of rotatable bonds is 4. The van der Waals surface area contributed by atoms with Gasteiger partial charge in [0.25, 0.3) is 5.56 Å². The van der Waals surface area contributed by atoms with Crippen molar-refractivity contribution in [2.24, 2.45) is 0 Å². The Hall–Kier alpha value is -2.55. The van der Waals surface area contributed by atoms with Gasteiger partial charge < -0.3 is 5.11 Å². The van der Waals surface area contributed by atoms with Crippen molar-refractivity contribution in [3.63, 3.8) is 0 Å². The minimum Gasteiger partial charge on any atom is -0.494 e. The normalized spacial score (nSPS) is 10.2. The zero-order chi connectivity index (χ0) is 18.0. The first-order valence-electron chi connectivity index (χ1n) is 6.80. The molecule has 0 saturated heterocycles. The summed E-state index contributed by atoms with van der Waals surface area (Å²) in [4.78, 5) is 25.1. The number of nitriles is 1. The molecule has 0 aliphatic carbocycles. The Morgan fingerprint density at radius 2 is 2.12 bits per heavy atom. The molecular weight excluding hydrogens is 351 g/mol. The first-order chi connectivity index (χ1) is 11.3. The first kappa shape index (κ1) is 17.8. The van der Waals surface area contributed by atoms with E-state index >= 15 is 0 Å². The molecule has 2 rings (SSSR count). The van der Waals surface area contributed by atoms with E-state index in [-0.39, 0.29) is 33.8 Å². The van der Waals surface area contributed by atoms with Gasteiger partial charge in [-0.25, -0.2) is 0 Å². The number of hydrogen-bond donors (Lipinski definition) is 1. The van der Waals surface area contributed by atoms with Crippen molar-refractivity contribution in [1.82, 2.24) is 4.57 Å². The Kier molecular flexibility index (Phi) is 5.13. The Balaban J connectivity index is 2.81. The Morgan fingerprint density at radius 1 is 1.46 bits per heavy atom. The number of aromatic hydroxyl groups is 1. The smallest absolute Gasteiger partial charge is 0.271 e. The SMILES string of the molecule is C=CCn1c(O)c(C(=O)c2ccc(Cl)cc2Cl)c(C)c(C#N)c1=O. The van der Waals surface area contributed by atoms with E-state index in [1.807, 2.05) is 0 Å². The van der Waals surface area contributed by atoms with Crippen molar-refractivity contribution < 1.29 is 9.90 Å². The van der Waals surface area contributed by atoms with Crippen LogP contribution in [0.5, 0.6) is 5.88 Å². The highest BCUT2D eigenvalue weighted by atomic mass is 35.5. The van der Waals surface area contributed by atoms with E-state index in [0.29, 0.717) is 5.02 Å². The van der Waals surface area contributed by atoms with Gasteiger partial charge in [0.05, 0.1) is 10.6 Å². The summed E-state index contributed by atoms with van der Waals surface area (Å²) in [6.45, 7) is 4.88. The molecule has 0 radical (unpaired) electrons. The molecule has 2 aromatic rings. The number of carbonyl (C=O) groups excluding carboxylic acids is 1. The number of pyridine rings is 1. The number of aromatic nitrogens is 1. The van der Waals surface area contributed by atoms with E-state index in [4.69, 9.17) is 23.2 Å². The lowest BCUT2D eigenvalue weighted by Crippen LogP contribution is -2.26. The zero-order valence-corrected chi connectivity index (χ0v) is 14.1. The standard InChI is InChI=1S/C17H12Cl2N2O3/c1-3-6-21-16(23)12(8-20)9(2)14(17(21)24)15(22)11-5-4-10(18)7-13(11)19/h3-5,7,24H,1,6H2,2H3. The molecule has 0 aliphatic heterocycles. The lowest BCUT2D eigenvalue weighted by molar-refractivity contribution is 0.103. The third-order valence-corrected chi connectivity index (χ3v) is 4.06. The number of hydrogen-bond acceptors (Lipinski definition) is 4. The minimum absolute atomic E-state index is 0.0474. The third kappa shape index (κ3) is 2.94. The maximum absolute atomic E-state index is 12.8. The van der Waals surface area contributed by atoms with Gasteiger partial charge in [-0.05, 0) is 30.7 Å². The molecule has 122 valence electrons. The van der Waals surface area contributed by atoms with Crippen LogP contribution in [0.1, 0.15) is 27.0 Å². The predicted octanol–water partition coefficient (Wildman–Crippen LogP) is 3.46. The molecule has 1 N–H and O–H groups in total. The van der Waals surface area contributed by atoms with Crippen molar-refractivity contribution in [2.45, 2.75) is 13.5 Å². The van der Waals surface area contributed by atoms with Crippen LogP contribution in [0.15, 0.2) is 35.6 Å².